The lowest BCUT2D eigenvalue weighted by atomic mass is 10.1. The molecule has 0 spiro atoms. The monoisotopic (exact) mass is 378 g/mol. The van der Waals surface area contributed by atoms with Gasteiger partial charge in [0.2, 0.25) is 0 Å². The Morgan fingerprint density at radius 3 is 2.64 bits per heavy atom. The lowest BCUT2D eigenvalue weighted by molar-refractivity contribution is 0.0950. The summed E-state index contributed by atoms with van der Waals surface area (Å²) < 4.78 is 10.8. The molecule has 0 radical (unpaired) electrons. The van der Waals surface area contributed by atoms with Crippen molar-refractivity contribution in [3.8, 4) is 22.8 Å². The van der Waals surface area contributed by atoms with Crippen molar-refractivity contribution in [3.63, 3.8) is 0 Å². The zero-order chi connectivity index (χ0) is 19.9. The number of hydrogen-bond acceptors (Lipinski definition) is 5. The van der Waals surface area contributed by atoms with Crippen molar-refractivity contribution < 1.29 is 14.3 Å². The van der Waals surface area contributed by atoms with Crippen molar-refractivity contribution >= 4 is 11.6 Å². The van der Waals surface area contributed by atoms with Crippen molar-refractivity contribution in [1.29, 1.82) is 0 Å². The Hall–Kier alpha value is -3.61. The second-order valence-corrected chi connectivity index (χ2v) is 5.96. The topological polar surface area (TPSA) is 88.6 Å². The molecule has 1 amide bonds. The quantitative estimate of drug-likeness (QED) is 0.485. The van der Waals surface area contributed by atoms with Crippen LogP contribution < -0.4 is 14.9 Å². The van der Waals surface area contributed by atoms with Gasteiger partial charge in [-0.1, -0.05) is 12.1 Å². The molecule has 3 aromatic rings. The number of para-hydroxylation sites is 1. The Kier molecular flexibility index (Phi) is 6.06. The summed E-state index contributed by atoms with van der Waals surface area (Å²) in [5.41, 5.74) is 5.85. The third-order valence-electron chi connectivity index (χ3n) is 4.11. The van der Waals surface area contributed by atoms with Crippen LogP contribution in [0.15, 0.2) is 59.7 Å². The summed E-state index contributed by atoms with van der Waals surface area (Å²) in [6.07, 6.45) is 0. The summed E-state index contributed by atoms with van der Waals surface area (Å²) in [5, 5.41) is 11.1. The van der Waals surface area contributed by atoms with Gasteiger partial charge in [0.25, 0.3) is 5.91 Å². The fourth-order valence-electron chi connectivity index (χ4n) is 2.65. The van der Waals surface area contributed by atoms with Crippen LogP contribution in [-0.2, 0) is 0 Å². The zero-order valence-corrected chi connectivity index (χ0v) is 16.0. The van der Waals surface area contributed by atoms with Gasteiger partial charge in [0.1, 0.15) is 17.2 Å². The number of benzene rings is 2. The molecule has 1 aromatic heterocycles. The Balaban J connectivity index is 1.69. The maximum Gasteiger partial charge on any atom is 0.289 e. The van der Waals surface area contributed by atoms with Crippen LogP contribution in [0.25, 0.3) is 11.3 Å². The fraction of sp³-hybridized carbons (Fsp3) is 0.190. The van der Waals surface area contributed by atoms with E-state index in [0.29, 0.717) is 29.5 Å². The Labute approximate surface area is 163 Å². The minimum absolute atomic E-state index is 0.309. The number of H-pyrrole nitrogens is 1. The number of ether oxygens (including phenoxy) is 2. The molecule has 0 atom stereocenters. The Morgan fingerprint density at radius 1 is 1.18 bits per heavy atom. The molecule has 144 valence electrons. The second-order valence-electron chi connectivity index (χ2n) is 5.96. The van der Waals surface area contributed by atoms with E-state index in [-0.39, 0.29) is 5.91 Å². The minimum Gasteiger partial charge on any atom is -0.496 e. The number of hydrazone groups is 1. The highest BCUT2D eigenvalue weighted by Gasteiger charge is 2.13. The average Bonchev–Trinajstić information content (AvgIpc) is 3.22. The molecule has 7 nitrogen and oxygen atoms in total. The summed E-state index contributed by atoms with van der Waals surface area (Å²) in [5.74, 6) is 1.11. The van der Waals surface area contributed by atoms with Gasteiger partial charge in [0.15, 0.2) is 0 Å². The molecule has 0 aliphatic carbocycles. The van der Waals surface area contributed by atoms with Gasteiger partial charge in [-0.05, 0) is 61.9 Å². The lowest BCUT2D eigenvalue weighted by Gasteiger charge is -2.05. The van der Waals surface area contributed by atoms with Crippen molar-refractivity contribution in [2.75, 3.05) is 13.7 Å². The van der Waals surface area contributed by atoms with Crippen molar-refractivity contribution in [2.24, 2.45) is 5.10 Å². The Morgan fingerprint density at radius 2 is 1.93 bits per heavy atom. The van der Waals surface area contributed by atoms with E-state index in [0.717, 1.165) is 16.9 Å². The highest BCUT2D eigenvalue weighted by Crippen LogP contribution is 2.28. The average molecular weight is 378 g/mol. The van der Waals surface area contributed by atoms with Crippen LogP contribution in [0.2, 0.25) is 0 Å². The fourth-order valence-corrected chi connectivity index (χ4v) is 2.65. The van der Waals surface area contributed by atoms with Crippen molar-refractivity contribution in [3.05, 3.63) is 65.9 Å². The van der Waals surface area contributed by atoms with Crippen LogP contribution in [0.5, 0.6) is 11.5 Å². The summed E-state index contributed by atoms with van der Waals surface area (Å²) in [6.45, 7) is 4.37. The van der Waals surface area contributed by atoms with Gasteiger partial charge in [0, 0.05) is 5.56 Å². The van der Waals surface area contributed by atoms with E-state index in [9.17, 15) is 4.79 Å². The molecule has 28 heavy (non-hydrogen) atoms. The molecule has 0 unspecified atom stereocenters. The van der Waals surface area contributed by atoms with E-state index < -0.39 is 0 Å². The highest BCUT2D eigenvalue weighted by molar-refractivity contribution is 6.00. The predicted octanol–water partition coefficient (Wildman–Crippen LogP) is 3.64. The van der Waals surface area contributed by atoms with Gasteiger partial charge in [-0.3, -0.25) is 9.89 Å². The molecular weight excluding hydrogens is 356 g/mol. The normalized spacial score (nSPS) is 11.2. The summed E-state index contributed by atoms with van der Waals surface area (Å²) in [7, 11) is 1.59. The number of aromatic amines is 1. The molecule has 0 fully saturated rings. The number of aromatic nitrogens is 2. The number of nitrogens with one attached hydrogen (secondary N) is 2. The standard InChI is InChI=1S/C21H22N4O3/c1-4-28-16-11-9-15(10-12-16)14(2)22-25-21(26)19-13-18(23-24-19)17-7-5-6-8-20(17)27-3/h5-13H,4H2,1-3H3,(H,23,24)(H,25,26). The molecule has 0 saturated heterocycles. The third kappa shape index (κ3) is 4.37. The van der Waals surface area contributed by atoms with E-state index in [1.165, 1.54) is 0 Å². The van der Waals surface area contributed by atoms with Crippen LogP contribution in [0.3, 0.4) is 0 Å². The number of amides is 1. The number of methoxy groups -OCH3 is 1. The Bertz CT molecular complexity index is 977. The number of carbonyl (C=O) groups excluding carboxylic acids is 1. The molecule has 0 aliphatic rings. The van der Waals surface area contributed by atoms with Gasteiger partial charge in [-0.2, -0.15) is 10.2 Å². The predicted molar refractivity (Wildman–Crippen MR) is 108 cm³/mol. The van der Waals surface area contributed by atoms with Crippen molar-refractivity contribution in [1.82, 2.24) is 15.6 Å². The maximum atomic E-state index is 12.4. The summed E-state index contributed by atoms with van der Waals surface area (Å²) >= 11 is 0. The first-order chi connectivity index (χ1) is 13.6. The lowest BCUT2D eigenvalue weighted by Crippen LogP contribution is -2.19. The van der Waals surface area contributed by atoms with E-state index in [1.54, 1.807) is 13.2 Å². The molecule has 2 aromatic carbocycles. The minimum atomic E-state index is -0.376. The summed E-state index contributed by atoms with van der Waals surface area (Å²) in [4.78, 5) is 12.4. The molecular formula is C21H22N4O3. The van der Waals surface area contributed by atoms with E-state index in [1.807, 2.05) is 62.4 Å². The first-order valence-corrected chi connectivity index (χ1v) is 8.89. The van der Waals surface area contributed by atoms with Crippen LogP contribution in [0.4, 0.5) is 0 Å². The van der Waals surface area contributed by atoms with Crippen molar-refractivity contribution in [2.45, 2.75) is 13.8 Å². The number of rotatable bonds is 7. The van der Waals surface area contributed by atoms with Crippen LogP contribution in [0.1, 0.15) is 29.9 Å². The smallest absolute Gasteiger partial charge is 0.289 e. The molecule has 7 heteroatoms. The molecule has 3 rings (SSSR count). The number of carbonyl (C=O) groups is 1. The molecule has 0 bridgehead atoms. The van der Waals surface area contributed by atoms with E-state index in [2.05, 4.69) is 20.7 Å². The largest absolute Gasteiger partial charge is 0.496 e. The molecule has 0 aliphatic heterocycles. The van der Waals surface area contributed by atoms with Crippen LogP contribution in [-0.4, -0.2) is 35.5 Å². The first-order valence-electron chi connectivity index (χ1n) is 8.89. The van der Waals surface area contributed by atoms with Crippen LogP contribution >= 0.6 is 0 Å². The molecule has 1 heterocycles. The van der Waals surface area contributed by atoms with E-state index >= 15 is 0 Å². The van der Waals surface area contributed by atoms with Crippen LogP contribution in [0, 0.1) is 0 Å². The SMILES string of the molecule is CCOc1ccc(C(C)=NNC(=O)c2cc(-c3ccccc3OC)n[nH]2)cc1. The van der Waals surface area contributed by atoms with Gasteiger partial charge in [-0.15, -0.1) is 0 Å². The van der Waals surface area contributed by atoms with Gasteiger partial charge >= 0.3 is 0 Å². The maximum absolute atomic E-state index is 12.4. The van der Waals surface area contributed by atoms with Gasteiger partial charge < -0.3 is 9.47 Å². The van der Waals surface area contributed by atoms with E-state index in [4.69, 9.17) is 9.47 Å². The van der Waals surface area contributed by atoms with Gasteiger partial charge in [0.05, 0.1) is 25.1 Å². The highest BCUT2D eigenvalue weighted by atomic mass is 16.5. The molecule has 0 saturated carbocycles. The molecule has 2 N–H and O–H groups in total. The zero-order valence-electron chi connectivity index (χ0n) is 16.0. The summed E-state index contributed by atoms with van der Waals surface area (Å²) in [6, 6.07) is 16.7. The number of nitrogens with zero attached hydrogens (tertiary/aromatic N) is 2. The van der Waals surface area contributed by atoms with Gasteiger partial charge in [-0.25, -0.2) is 5.43 Å². The third-order valence-corrected chi connectivity index (χ3v) is 4.11. The first kappa shape index (κ1) is 19.2. The second kappa shape index (κ2) is 8.85. The number of hydrogen-bond donors (Lipinski definition) is 2.